The SMILES string of the molecule is CN(C)C(=O)c1cc(NCC2CCC(N)C2)ccn1. The van der Waals surface area contributed by atoms with Gasteiger partial charge in [0.1, 0.15) is 5.69 Å². The van der Waals surface area contributed by atoms with Gasteiger partial charge in [0.05, 0.1) is 0 Å². The van der Waals surface area contributed by atoms with E-state index in [1.165, 1.54) is 11.3 Å². The standard InChI is InChI=1S/C14H22N4O/c1-18(2)14(19)13-8-12(5-6-16-13)17-9-10-3-4-11(15)7-10/h5-6,8,10-11H,3-4,7,9,15H2,1-2H3,(H,16,17). The van der Waals surface area contributed by atoms with Gasteiger partial charge < -0.3 is 16.0 Å². The highest BCUT2D eigenvalue weighted by Gasteiger charge is 2.21. The molecule has 0 bridgehead atoms. The summed E-state index contributed by atoms with van der Waals surface area (Å²) in [6.07, 6.45) is 5.05. The maximum atomic E-state index is 11.8. The average molecular weight is 262 g/mol. The Hall–Kier alpha value is -1.62. The molecule has 1 fully saturated rings. The summed E-state index contributed by atoms with van der Waals surface area (Å²) in [5, 5.41) is 3.38. The first kappa shape index (κ1) is 13.8. The first-order valence-electron chi connectivity index (χ1n) is 6.73. The van der Waals surface area contributed by atoms with Gasteiger partial charge in [0.25, 0.3) is 5.91 Å². The summed E-state index contributed by atoms with van der Waals surface area (Å²) < 4.78 is 0. The van der Waals surface area contributed by atoms with Crippen molar-refractivity contribution in [2.75, 3.05) is 26.0 Å². The third-order valence-corrected chi connectivity index (χ3v) is 3.56. The van der Waals surface area contributed by atoms with Crippen molar-refractivity contribution in [1.29, 1.82) is 0 Å². The molecule has 1 saturated carbocycles. The van der Waals surface area contributed by atoms with E-state index in [2.05, 4.69) is 10.3 Å². The Kier molecular flexibility index (Phi) is 4.37. The normalized spacial score (nSPS) is 22.3. The lowest BCUT2D eigenvalue weighted by molar-refractivity contribution is 0.0822. The van der Waals surface area contributed by atoms with Gasteiger partial charge >= 0.3 is 0 Å². The Bertz CT molecular complexity index is 447. The summed E-state index contributed by atoms with van der Waals surface area (Å²) in [5.74, 6) is 0.558. The van der Waals surface area contributed by atoms with Crippen LogP contribution in [-0.4, -0.2) is 42.5 Å². The molecule has 0 aromatic carbocycles. The van der Waals surface area contributed by atoms with Gasteiger partial charge in [-0.05, 0) is 37.3 Å². The number of pyridine rings is 1. The summed E-state index contributed by atoms with van der Waals surface area (Å²) in [4.78, 5) is 17.5. The molecule has 2 atom stereocenters. The van der Waals surface area contributed by atoms with E-state index in [9.17, 15) is 4.79 Å². The van der Waals surface area contributed by atoms with Gasteiger partial charge in [0.15, 0.2) is 0 Å². The third kappa shape index (κ3) is 3.67. The van der Waals surface area contributed by atoms with Gasteiger partial charge in [0.2, 0.25) is 0 Å². The predicted octanol–water partition coefficient (Wildman–Crippen LogP) is 1.32. The van der Waals surface area contributed by atoms with Gasteiger partial charge in [-0.1, -0.05) is 0 Å². The van der Waals surface area contributed by atoms with Crippen LogP contribution in [0.1, 0.15) is 29.8 Å². The van der Waals surface area contributed by atoms with E-state index in [0.717, 1.165) is 25.1 Å². The molecule has 0 aliphatic heterocycles. The van der Waals surface area contributed by atoms with Crippen LogP contribution in [0.4, 0.5) is 5.69 Å². The highest BCUT2D eigenvalue weighted by atomic mass is 16.2. The molecule has 1 aromatic heterocycles. The van der Waals surface area contributed by atoms with E-state index in [4.69, 9.17) is 5.73 Å². The largest absolute Gasteiger partial charge is 0.385 e. The van der Waals surface area contributed by atoms with Crippen molar-refractivity contribution in [2.24, 2.45) is 11.7 Å². The Labute approximate surface area is 114 Å². The van der Waals surface area contributed by atoms with Crippen LogP contribution in [0, 0.1) is 5.92 Å². The van der Waals surface area contributed by atoms with Crippen LogP contribution in [-0.2, 0) is 0 Å². The van der Waals surface area contributed by atoms with Crippen LogP contribution >= 0.6 is 0 Å². The number of rotatable bonds is 4. The van der Waals surface area contributed by atoms with Gasteiger partial charge in [-0.3, -0.25) is 9.78 Å². The molecule has 2 rings (SSSR count). The minimum Gasteiger partial charge on any atom is -0.385 e. The molecule has 0 radical (unpaired) electrons. The fourth-order valence-electron chi connectivity index (χ4n) is 2.45. The zero-order chi connectivity index (χ0) is 13.8. The van der Waals surface area contributed by atoms with Gasteiger partial charge in [-0.2, -0.15) is 0 Å². The van der Waals surface area contributed by atoms with E-state index < -0.39 is 0 Å². The molecular weight excluding hydrogens is 240 g/mol. The van der Waals surface area contributed by atoms with Crippen molar-refractivity contribution in [3.8, 4) is 0 Å². The fourth-order valence-corrected chi connectivity index (χ4v) is 2.45. The number of nitrogens with two attached hydrogens (primary N) is 1. The Balaban J connectivity index is 1.94. The number of hydrogen-bond acceptors (Lipinski definition) is 4. The fraction of sp³-hybridized carbons (Fsp3) is 0.571. The van der Waals surface area contributed by atoms with E-state index in [-0.39, 0.29) is 5.91 Å². The van der Waals surface area contributed by atoms with Crippen molar-refractivity contribution in [1.82, 2.24) is 9.88 Å². The molecule has 3 N–H and O–H groups in total. The summed E-state index contributed by atoms with van der Waals surface area (Å²) in [7, 11) is 3.45. The molecule has 104 valence electrons. The molecule has 0 spiro atoms. The quantitative estimate of drug-likeness (QED) is 0.858. The van der Waals surface area contributed by atoms with Crippen molar-refractivity contribution in [2.45, 2.75) is 25.3 Å². The molecule has 1 aromatic rings. The van der Waals surface area contributed by atoms with E-state index >= 15 is 0 Å². The monoisotopic (exact) mass is 262 g/mol. The number of aromatic nitrogens is 1. The summed E-state index contributed by atoms with van der Waals surface area (Å²) in [5.41, 5.74) is 7.32. The topological polar surface area (TPSA) is 71.2 Å². The molecule has 1 amide bonds. The lowest BCUT2D eigenvalue weighted by atomic mass is 10.1. The molecule has 0 saturated heterocycles. The molecule has 5 heteroatoms. The Morgan fingerprint density at radius 3 is 2.95 bits per heavy atom. The number of nitrogens with one attached hydrogen (secondary N) is 1. The number of carbonyl (C=O) groups is 1. The lowest BCUT2D eigenvalue weighted by Crippen LogP contribution is -2.23. The molecule has 1 aliphatic rings. The van der Waals surface area contributed by atoms with Crippen LogP contribution in [0.25, 0.3) is 0 Å². The number of hydrogen-bond donors (Lipinski definition) is 2. The van der Waals surface area contributed by atoms with Crippen molar-refractivity contribution in [3.05, 3.63) is 24.0 Å². The minimum atomic E-state index is -0.0773. The summed E-state index contributed by atoms with van der Waals surface area (Å²) >= 11 is 0. The highest BCUT2D eigenvalue weighted by molar-refractivity contribution is 5.92. The molecule has 1 aliphatic carbocycles. The van der Waals surface area contributed by atoms with Crippen LogP contribution < -0.4 is 11.1 Å². The van der Waals surface area contributed by atoms with E-state index in [1.54, 1.807) is 26.4 Å². The summed E-state index contributed by atoms with van der Waals surface area (Å²) in [6.45, 7) is 0.910. The van der Waals surface area contributed by atoms with E-state index in [0.29, 0.717) is 17.7 Å². The number of amides is 1. The van der Waals surface area contributed by atoms with Gasteiger partial charge in [-0.15, -0.1) is 0 Å². The second kappa shape index (κ2) is 6.02. The van der Waals surface area contributed by atoms with Crippen molar-refractivity contribution in [3.63, 3.8) is 0 Å². The van der Waals surface area contributed by atoms with Crippen LogP contribution in [0.2, 0.25) is 0 Å². The zero-order valence-electron chi connectivity index (χ0n) is 11.6. The third-order valence-electron chi connectivity index (χ3n) is 3.56. The Morgan fingerprint density at radius 1 is 1.53 bits per heavy atom. The number of carbonyl (C=O) groups excluding carboxylic acids is 1. The second-order valence-corrected chi connectivity index (χ2v) is 5.45. The minimum absolute atomic E-state index is 0.0773. The van der Waals surface area contributed by atoms with Crippen LogP contribution in [0.15, 0.2) is 18.3 Å². The second-order valence-electron chi connectivity index (χ2n) is 5.45. The molecule has 2 unspecified atom stereocenters. The summed E-state index contributed by atoms with van der Waals surface area (Å²) in [6, 6.07) is 4.05. The molecule has 19 heavy (non-hydrogen) atoms. The highest BCUT2D eigenvalue weighted by Crippen LogP contribution is 2.24. The Morgan fingerprint density at radius 2 is 2.32 bits per heavy atom. The van der Waals surface area contributed by atoms with Crippen molar-refractivity contribution < 1.29 is 4.79 Å². The predicted molar refractivity (Wildman–Crippen MR) is 76.1 cm³/mol. The first-order valence-corrected chi connectivity index (χ1v) is 6.73. The lowest BCUT2D eigenvalue weighted by Gasteiger charge is -2.14. The molecule has 5 nitrogen and oxygen atoms in total. The maximum absolute atomic E-state index is 11.8. The number of anilines is 1. The smallest absolute Gasteiger partial charge is 0.272 e. The number of nitrogens with zero attached hydrogens (tertiary/aromatic N) is 2. The first-order chi connectivity index (χ1) is 9.06. The van der Waals surface area contributed by atoms with Crippen LogP contribution in [0.3, 0.4) is 0 Å². The van der Waals surface area contributed by atoms with Gasteiger partial charge in [-0.25, -0.2) is 0 Å². The van der Waals surface area contributed by atoms with Gasteiger partial charge in [0, 0.05) is 38.6 Å². The zero-order valence-corrected chi connectivity index (χ0v) is 11.6. The maximum Gasteiger partial charge on any atom is 0.272 e. The van der Waals surface area contributed by atoms with E-state index in [1.807, 2.05) is 6.07 Å². The van der Waals surface area contributed by atoms with Crippen molar-refractivity contribution >= 4 is 11.6 Å². The van der Waals surface area contributed by atoms with Crippen LogP contribution in [0.5, 0.6) is 0 Å². The molecule has 1 heterocycles. The molecular formula is C14H22N4O. The average Bonchev–Trinajstić information content (AvgIpc) is 2.81.